The molecule has 0 spiro atoms. The zero-order valence-corrected chi connectivity index (χ0v) is 12.0. The number of hydrogen-bond acceptors (Lipinski definition) is 3. The first-order valence-electron chi connectivity index (χ1n) is 7.06. The third kappa shape index (κ3) is 4.11. The molecule has 6 nitrogen and oxygen atoms in total. The molecule has 114 valence electrons. The summed E-state index contributed by atoms with van der Waals surface area (Å²) in [7, 11) is 1.48. The zero-order chi connectivity index (χ0) is 15.2. The lowest BCUT2D eigenvalue weighted by Gasteiger charge is -2.25. The Morgan fingerprint density at radius 3 is 2.71 bits per heavy atom. The van der Waals surface area contributed by atoms with Crippen molar-refractivity contribution in [1.82, 2.24) is 5.32 Å². The van der Waals surface area contributed by atoms with Gasteiger partial charge in [-0.15, -0.1) is 0 Å². The van der Waals surface area contributed by atoms with Crippen molar-refractivity contribution in [1.29, 1.82) is 0 Å². The van der Waals surface area contributed by atoms with Crippen LogP contribution in [0, 0.1) is 5.92 Å². The van der Waals surface area contributed by atoms with Crippen molar-refractivity contribution in [3.63, 3.8) is 0 Å². The average molecular weight is 292 g/mol. The number of anilines is 1. The van der Waals surface area contributed by atoms with Crippen LogP contribution < -0.4 is 15.4 Å². The van der Waals surface area contributed by atoms with Gasteiger partial charge in [-0.3, -0.25) is 0 Å². The number of carbonyl (C=O) groups is 2. The number of carboxylic acid groups (broad SMARTS) is 1. The van der Waals surface area contributed by atoms with Gasteiger partial charge in [0.25, 0.3) is 0 Å². The van der Waals surface area contributed by atoms with Gasteiger partial charge in [0.15, 0.2) is 0 Å². The average Bonchev–Trinajstić information content (AvgIpc) is 2.41. The molecular formula is C15H20N2O4. The molecule has 6 heteroatoms. The lowest BCUT2D eigenvalue weighted by Crippen LogP contribution is -2.31. The summed E-state index contributed by atoms with van der Waals surface area (Å²) in [6.07, 6.45) is 4.73. The van der Waals surface area contributed by atoms with Crippen LogP contribution >= 0.6 is 0 Å². The van der Waals surface area contributed by atoms with Crippen molar-refractivity contribution < 1.29 is 19.4 Å². The fraction of sp³-hybridized carbons (Fsp3) is 0.467. The summed E-state index contributed by atoms with van der Waals surface area (Å²) in [6.45, 7) is 0.600. The number of hydrogen-bond donors (Lipinski definition) is 3. The fourth-order valence-corrected chi connectivity index (χ4v) is 2.28. The molecule has 21 heavy (non-hydrogen) atoms. The standard InChI is InChI=1S/C15H20N2O4/c1-21-11-5-6-12(14(18)19)13(9-11)17-15(20)16-8-7-10-3-2-4-10/h5-6,9-10H,2-4,7-8H2,1H3,(H,18,19)(H2,16,17,20). The minimum Gasteiger partial charge on any atom is -0.497 e. The van der Waals surface area contributed by atoms with Gasteiger partial charge in [0.1, 0.15) is 5.75 Å². The quantitative estimate of drug-likeness (QED) is 0.752. The van der Waals surface area contributed by atoms with E-state index < -0.39 is 12.0 Å². The highest BCUT2D eigenvalue weighted by atomic mass is 16.5. The summed E-state index contributed by atoms with van der Waals surface area (Å²) in [5, 5.41) is 14.4. The van der Waals surface area contributed by atoms with Gasteiger partial charge in [-0.1, -0.05) is 19.3 Å². The molecular weight excluding hydrogens is 272 g/mol. The summed E-state index contributed by atoms with van der Waals surface area (Å²) in [5.74, 6) is 0.115. The highest BCUT2D eigenvalue weighted by molar-refractivity contribution is 6.00. The number of ether oxygens (including phenoxy) is 1. The number of amides is 2. The Morgan fingerprint density at radius 1 is 1.38 bits per heavy atom. The van der Waals surface area contributed by atoms with E-state index in [9.17, 15) is 9.59 Å². The molecule has 0 atom stereocenters. The Morgan fingerprint density at radius 2 is 2.14 bits per heavy atom. The smallest absolute Gasteiger partial charge is 0.337 e. The summed E-state index contributed by atoms with van der Waals surface area (Å²) in [6, 6.07) is 4.05. The number of carboxylic acids is 1. The van der Waals surface area contributed by atoms with Crippen molar-refractivity contribution in [3.8, 4) is 5.75 Å². The molecule has 0 radical (unpaired) electrons. The van der Waals surface area contributed by atoms with Crippen LogP contribution in [0.3, 0.4) is 0 Å². The second-order valence-electron chi connectivity index (χ2n) is 5.18. The molecule has 0 aromatic heterocycles. The van der Waals surface area contributed by atoms with Crippen molar-refractivity contribution >= 4 is 17.7 Å². The van der Waals surface area contributed by atoms with Crippen molar-refractivity contribution in [2.75, 3.05) is 19.0 Å². The van der Waals surface area contributed by atoms with E-state index in [1.807, 2.05) is 0 Å². The van der Waals surface area contributed by atoms with Crippen LogP contribution in [0.2, 0.25) is 0 Å². The maximum Gasteiger partial charge on any atom is 0.337 e. The molecule has 3 N–H and O–H groups in total. The summed E-state index contributed by atoms with van der Waals surface area (Å²) in [4.78, 5) is 23.0. The van der Waals surface area contributed by atoms with Gasteiger partial charge in [-0.05, 0) is 24.5 Å². The first-order chi connectivity index (χ1) is 10.1. The molecule has 1 aliphatic rings. The summed E-state index contributed by atoms with van der Waals surface area (Å²) in [5.41, 5.74) is 0.257. The largest absolute Gasteiger partial charge is 0.497 e. The Labute approximate surface area is 123 Å². The number of methoxy groups -OCH3 is 1. The van der Waals surface area contributed by atoms with E-state index in [1.54, 1.807) is 6.07 Å². The molecule has 0 unspecified atom stereocenters. The van der Waals surface area contributed by atoms with E-state index in [2.05, 4.69) is 10.6 Å². The fourth-order valence-electron chi connectivity index (χ4n) is 2.28. The van der Waals surface area contributed by atoms with E-state index >= 15 is 0 Å². The Balaban J connectivity index is 1.92. The predicted molar refractivity (Wildman–Crippen MR) is 78.9 cm³/mol. The number of aromatic carboxylic acids is 1. The minimum absolute atomic E-state index is 0.0324. The van der Waals surface area contributed by atoms with Gasteiger partial charge in [0.2, 0.25) is 0 Å². The Hall–Kier alpha value is -2.24. The second kappa shape index (κ2) is 6.97. The van der Waals surface area contributed by atoms with Crippen LogP contribution in [-0.2, 0) is 0 Å². The molecule has 2 amide bonds. The first kappa shape index (κ1) is 15.2. The second-order valence-corrected chi connectivity index (χ2v) is 5.18. The topological polar surface area (TPSA) is 87.7 Å². The maximum atomic E-state index is 11.8. The first-order valence-corrected chi connectivity index (χ1v) is 7.06. The van der Waals surface area contributed by atoms with Crippen molar-refractivity contribution in [2.24, 2.45) is 5.92 Å². The van der Waals surface area contributed by atoms with Crippen LogP contribution in [0.1, 0.15) is 36.0 Å². The molecule has 0 bridgehead atoms. The van der Waals surface area contributed by atoms with Gasteiger partial charge < -0.3 is 20.5 Å². The van der Waals surface area contributed by atoms with Crippen LogP contribution in [-0.4, -0.2) is 30.8 Å². The molecule has 0 heterocycles. The normalized spacial score (nSPS) is 14.1. The molecule has 1 fully saturated rings. The number of benzene rings is 1. The molecule has 1 aromatic carbocycles. The SMILES string of the molecule is COc1ccc(C(=O)O)c(NC(=O)NCCC2CCC2)c1. The van der Waals surface area contributed by atoms with Gasteiger partial charge in [-0.25, -0.2) is 9.59 Å². The predicted octanol–water partition coefficient (Wildman–Crippen LogP) is 2.71. The molecule has 1 aliphatic carbocycles. The molecule has 0 aliphatic heterocycles. The minimum atomic E-state index is -1.09. The molecule has 1 aromatic rings. The molecule has 1 saturated carbocycles. The maximum absolute atomic E-state index is 11.8. The zero-order valence-electron chi connectivity index (χ0n) is 12.0. The third-order valence-corrected chi connectivity index (χ3v) is 3.77. The number of carbonyl (C=O) groups excluding carboxylic acids is 1. The highest BCUT2D eigenvalue weighted by Crippen LogP contribution is 2.28. The van der Waals surface area contributed by atoms with Gasteiger partial charge >= 0.3 is 12.0 Å². The third-order valence-electron chi connectivity index (χ3n) is 3.77. The van der Waals surface area contributed by atoms with Gasteiger partial charge in [-0.2, -0.15) is 0 Å². The van der Waals surface area contributed by atoms with E-state index in [0.29, 0.717) is 12.3 Å². The number of nitrogens with one attached hydrogen (secondary N) is 2. The van der Waals surface area contributed by atoms with Crippen LogP contribution in [0.15, 0.2) is 18.2 Å². The lowest BCUT2D eigenvalue weighted by molar-refractivity contribution is 0.0698. The molecule has 0 saturated heterocycles. The van der Waals surface area contributed by atoms with Crippen LogP contribution in [0.25, 0.3) is 0 Å². The lowest BCUT2D eigenvalue weighted by atomic mass is 9.83. The Kier molecular flexibility index (Phi) is 5.03. The number of rotatable bonds is 6. The van der Waals surface area contributed by atoms with E-state index in [0.717, 1.165) is 12.3 Å². The van der Waals surface area contributed by atoms with Crippen molar-refractivity contribution in [2.45, 2.75) is 25.7 Å². The highest BCUT2D eigenvalue weighted by Gasteiger charge is 2.17. The molecule has 2 rings (SSSR count). The number of urea groups is 1. The van der Waals surface area contributed by atoms with Crippen LogP contribution in [0.5, 0.6) is 5.75 Å². The van der Waals surface area contributed by atoms with E-state index in [4.69, 9.17) is 9.84 Å². The monoisotopic (exact) mass is 292 g/mol. The summed E-state index contributed by atoms with van der Waals surface area (Å²) >= 11 is 0. The van der Waals surface area contributed by atoms with Gasteiger partial charge in [0, 0.05) is 12.6 Å². The summed E-state index contributed by atoms with van der Waals surface area (Å²) < 4.78 is 5.04. The van der Waals surface area contributed by atoms with Crippen LogP contribution in [0.4, 0.5) is 10.5 Å². The van der Waals surface area contributed by atoms with Crippen molar-refractivity contribution in [3.05, 3.63) is 23.8 Å². The van der Waals surface area contributed by atoms with E-state index in [1.165, 1.54) is 38.5 Å². The van der Waals surface area contributed by atoms with E-state index in [-0.39, 0.29) is 11.3 Å². The Bertz CT molecular complexity index is 526. The van der Waals surface area contributed by atoms with Gasteiger partial charge in [0.05, 0.1) is 18.4 Å².